The Balaban J connectivity index is 2.28. The van der Waals surface area contributed by atoms with Crippen LogP contribution in [0.5, 0.6) is 0 Å². The predicted octanol–water partition coefficient (Wildman–Crippen LogP) is 0.670. The Morgan fingerprint density at radius 2 is 2.25 bits per heavy atom. The molecule has 0 amide bonds. The number of hydrogen-bond donors (Lipinski definition) is 1. The molecule has 0 saturated carbocycles. The number of nitrogen functional groups attached to an aromatic ring is 1. The van der Waals surface area contributed by atoms with E-state index in [4.69, 9.17) is 10.2 Å². The molecule has 2 N–H and O–H groups in total. The van der Waals surface area contributed by atoms with Gasteiger partial charge in [0.15, 0.2) is 5.65 Å². The highest BCUT2D eigenvalue weighted by Crippen LogP contribution is 2.17. The highest BCUT2D eigenvalue weighted by molar-refractivity contribution is 5.58. The van der Waals surface area contributed by atoms with E-state index in [-0.39, 0.29) is 5.95 Å². The highest BCUT2D eigenvalue weighted by atomic mass is 16.3. The van der Waals surface area contributed by atoms with Gasteiger partial charge in [-0.2, -0.15) is 4.52 Å². The molecule has 0 aliphatic rings. The van der Waals surface area contributed by atoms with Crippen LogP contribution in [-0.4, -0.2) is 24.6 Å². The van der Waals surface area contributed by atoms with Crippen LogP contribution in [0, 0.1) is 6.92 Å². The van der Waals surface area contributed by atoms with E-state index >= 15 is 0 Å². The van der Waals surface area contributed by atoms with Gasteiger partial charge in [-0.3, -0.25) is 0 Å². The van der Waals surface area contributed by atoms with Crippen molar-refractivity contribution in [3.05, 3.63) is 24.4 Å². The Bertz CT molecular complexity index is 641. The predicted molar refractivity (Wildman–Crippen MR) is 55.4 cm³/mol. The third kappa shape index (κ3) is 1.22. The fraction of sp³-hybridized carbons (Fsp3) is 0.111. The molecule has 7 heteroatoms. The van der Waals surface area contributed by atoms with Crippen molar-refractivity contribution in [1.82, 2.24) is 24.6 Å². The van der Waals surface area contributed by atoms with Gasteiger partial charge in [0.2, 0.25) is 11.8 Å². The quantitative estimate of drug-likeness (QED) is 0.642. The normalized spacial score (nSPS) is 11.1. The largest absolute Gasteiger partial charge is 0.443 e. The van der Waals surface area contributed by atoms with E-state index in [0.717, 1.165) is 0 Å². The minimum atomic E-state index is 0.256. The minimum Gasteiger partial charge on any atom is -0.443 e. The molecule has 16 heavy (non-hydrogen) atoms. The second kappa shape index (κ2) is 3.02. The summed E-state index contributed by atoms with van der Waals surface area (Å²) >= 11 is 0. The summed E-state index contributed by atoms with van der Waals surface area (Å²) < 4.78 is 6.62. The van der Waals surface area contributed by atoms with Gasteiger partial charge in [0.1, 0.15) is 17.8 Å². The van der Waals surface area contributed by atoms with Crippen molar-refractivity contribution in [1.29, 1.82) is 0 Å². The number of nitrogens with zero attached hydrogens (tertiary/aromatic N) is 5. The van der Waals surface area contributed by atoms with Crippen LogP contribution >= 0.6 is 0 Å². The monoisotopic (exact) mass is 216 g/mol. The zero-order valence-electron chi connectivity index (χ0n) is 8.45. The van der Waals surface area contributed by atoms with Gasteiger partial charge in [-0.1, -0.05) is 0 Å². The second-order valence-corrected chi connectivity index (χ2v) is 3.27. The van der Waals surface area contributed by atoms with Crippen molar-refractivity contribution < 1.29 is 4.42 Å². The Hall–Kier alpha value is -2.44. The van der Waals surface area contributed by atoms with Crippen LogP contribution in [0.25, 0.3) is 17.2 Å². The van der Waals surface area contributed by atoms with Crippen molar-refractivity contribution in [3.8, 4) is 11.6 Å². The first-order valence-corrected chi connectivity index (χ1v) is 4.64. The number of nitrogens with two attached hydrogens (primary N) is 1. The molecule has 0 spiro atoms. The molecule has 3 rings (SSSR count). The summed E-state index contributed by atoms with van der Waals surface area (Å²) in [6, 6.07) is 1.72. The van der Waals surface area contributed by atoms with Gasteiger partial charge in [0.25, 0.3) is 0 Å². The van der Waals surface area contributed by atoms with E-state index in [1.807, 2.05) is 0 Å². The summed E-state index contributed by atoms with van der Waals surface area (Å²) in [5, 5.41) is 4.10. The lowest BCUT2D eigenvalue weighted by Crippen LogP contribution is -2.03. The van der Waals surface area contributed by atoms with Crippen LogP contribution in [-0.2, 0) is 0 Å². The lowest BCUT2D eigenvalue weighted by molar-refractivity contribution is 0.572. The van der Waals surface area contributed by atoms with Crippen LogP contribution in [0.2, 0.25) is 0 Å². The maximum atomic E-state index is 5.76. The number of hydrogen-bond acceptors (Lipinski definition) is 6. The molecule has 0 radical (unpaired) electrons. The van der Waals surface area contributed by atoms with Crippen LogP contribution in [0.1, 0.15) is 5.82 Å². The molecule has 0 saturated heterocycles. The molecule has 3 aromatic rings. The minimum absolute atomic E-state index is 0.256. The zero-order chi connectivity index (χ0) is 11.1. The summed E-state index contributed by atoms with van der Waals surface area (Å²) in [5.41, 5.74) is 6.92. The van der Waals surface area contributed by atoms with E-state index < -0.39 is 0 Å². The SMILES string of the molecule is Cc1nc2cc(-c3ncco3)nc(N)n2n1. The second-order valence-electron chi connectivity index (χ2n) is 3.27. The zero-order valence-corrected chi connectivity index (χ0v) is 8.45. The topological polar surface area (TPSA) is 95.1 Å². The smallest absolute Gasteiger partial charge is 0.245 e. The molecule has 3 aromatic heterocycles. The average Bonchev–Trinajstić information content (AvgIpc) is 2.84. The van der Waals surface area contributed by atoms with Gasteiger partial charge in [0, 0.05) is 6.07 Å². The molecule has 0 bridgehead atoms. The number of aryl methyl sites for hydroxylation is 1. The van der Waals surface area contributed by atoms with Gasteiger partial charge in [-0.25, -0.2) is 15.0 Å². The Morgan fingerprint density at radius 3 is 3.00 bits per heavy atom. The first-order valence-electron chi connectivity index (χ1n) is 4.64. The standard InChI is InChI=1S/C9H8N6O/c1-5-12-7-4-6(8-11-2-3-16-8)13-9(10)15(7)14-5/h2-4H,1H3,(H2,10,13). The van der Waals surface area contributed by atoms with Crippen molar-refractivity contribution >= 4 is 11.6 Å². The summed E-state index contributed by atoms with van der Waals surface area (Å²) in [4.78, 5) is 12.3. The number of rotatable bonds is 1. The maximum absolute atomic E-state index is 5.76. The van der Waals surface area contributed by atoms with Crippen molar-refractivity contribution in [2.75, 3.05) is 5.73 Å². The van der Waals surface area contributed by atoms with E-state index in [0.29, 0.717) is 23.1 Å². The third-order valence-corrected chi connectivity index (χ3v) is 2.11. The summed E-state index contributed by atoms with van der Waals surface area (Å²) in [6.07, 6.45) is 3.03. The number of fused-ring (bicyclic) bond motifs is 1. The lowest BCUT2D eigenvalue weighted by Gasteiger charge is -1.99. The maximum Gasteiger partial charge on any atom is 0.245 e. The van der Waals surface area contributed by atoms with Crippen molar-refractivity contribution in [2.45, 2.75) is 6.92 Å². The number of aromatic nitrogens is 5. The van der Waals surface area contributed by atoms with E-state index in [1.54, 1.807) is 19.2 Å². The van der Waals surface area contributed by atoms with Gasteiger partial charge in [-0.15, -0.1) is 5.10 Å². The van der Waals surface area contributed by atoms with Gasteiger partial charge in [-0.05, 0) is 6.92 Å². The summed E-state index contributed by atoms with van der Waals surface area (Å²) in [5.74, 6) is 1.30. The molecule has 0 aliphatic carbocycles. The van der Waals surface area contributed by atoms with E-state index in [1.165, 1.54) is 10.8 Å². The van der Waals surface area contributed by atoms with Crippen LogP contribution < -0.4 is 5.73 Å². The fourth-order valence-electron chi connectivity index (χ4n) is 1.48. The molecule has 0 atom stereocenters. The molecule has 0 aromatic carbocycles. The van der Waals surface area contributed by atoms with Crippen LogP contribution in [0.15, 0.2) is 22.9 Å². The molecule has 80 valence electrons. The summed E-state index contributed by atoms with van der Waals surface area (Å²) in [7, 11) is 0. The lowest BCUT2D eigenvalue weighted by atomic mass is 10.4. The Morgan fingerprint density at radius 1 is 1.38 bits per heavy atom. The van der Waals surface area contributed by atoms with E-state index in [2.05, 4.69) is 20.1 Å². The summed E-state index contributed by atoms with van der Waals surface area (Å²) in [6.45, 7) is 1.79. The Labute approximate surface area is 90.0 Å². The molecule has 0 fully saturated rings. The van der Waals surface area contributed by atoms with Crippen molar-refractivity contribution in [3.63, 3.8) is 0 Å². The van der Waals surface area contributed by atoms with Gasteiger partial charge in [0.05, 0.1) is 6.20 Å². The van der Waals surface area contributed by atoms with Crippen LogP contribution in [0.4, 0.5) is 5.95 Å². The number of oxazole rings is 1. The average molecular weight is 216 g/mol. The van der Waals surface area contributed by atoms with Gasteiger partial charge >= 0.3 is 0 Å². The molecule has 7 nitrogen and oxygen atoms in total. The van der Waals surface area contributed by atoms with E-state index in [9.17, 15) is 0 Å². The van der Waals surface area contributed by atoms with Crippen LogP contribution in [0.3, 0.4) is 0 Å². The first-order chi connectivity index (χ1) is 7.74. The fourth-order valence-corrected chi connectivity index (χ4v) is 1.48. The highest BCUT2D eigenvalue weighted by Gasteiger charge is 2.10. The third-order valence-electron chi connectivity index (χ3n) is 2.11. The first kappa shape index (κ1) is 8.84. The van der Waals surface area contributed by atoms with Gasteiger partial charge < -0.3 is 10.2 Å². The molecule has 0 aliphatic heterocycles. The van der Waals surface area contributed by atoms with Crippen molar-refractivity contribution in [2.24, 2.45) is 0 Å². The Kier molecular flexibility index (Phi) is 1.67. The molecule has 0 unspecified atom stereocenters. The molecule has 3 heterocycles. The molecular weight excluding hydrogens is 208 g/mol. The number of anilines is 1. The molecular formula is C9H8N6O.